The van der Waals surface area contributed by atoms with Gasteiger partial charge < -0.3 is 5.32 Å². The summed E-state index contributed by atoms with van der Waals surface area (Å²) in [6.45, 7) is 3.65. The number of hydrogen-bond acceptors (Lipinski definition) is 2. The fourth-order valence-electron chi connectivity index (χ4n) is 0.636. The van der Waals surface area contributed by atoms with Crippen LogP contribution >= 0.6 is 11.8 Å². The number of rotatable bonds is 3. The minimum Gasteiger partial charge on any atom is -0.321 e. The summed E-state index contributed by atoms with van der Waals surface area (Å²) in [5.74, 6) is 0.420. The maximum atomic E-state index is 11.0. The maximum Gasteiger partial charge on any atom is 0.227 e. The number of carbonyl (C=O) groups is 1. The van der Waals surface area contributed by atoms with Gasteiger partial charge in [-0.05, 0) is 19.1 Å². The van der Waals surface area contributed by atoms with Gasteiger partial charge in [-0.1, -0.05) is 6.58 Å². The van der Waals surface area contributed by atoms with Crippen molar-refractivity contribution in [3.05, 3.63) is 11.6 Å². The van der Waals surface area contributed by atoms with E-state index in [-0.39, 0.29) is 11.8 Å². The molecular weight excluding hydrogens is 146 g/mol. The van der Waals surface area contributed by atoms with Gasteiger partial charge >= 0.3 is 0 Å². The predicted molar refractivity (Wildman–Crippen MR) is 43.5 cm³/mol. The average Bonchev–Trinajstić information content (AvgIpc) is 2.68. The number of nitrogens with one attached hydrogen (secondary N) is 1. The molecule has 0 aromatic rings. The zero-order valence-electron chi connectivity index (χ0n) is 6.02. The number of amides is 1. The Kier molecular flexibility index (Phi) is 2.38. The molecule has 0 saturated heterocycles. The smallest absolute Gasteiger partial charge is 0.227 e. The van der Waals surface area contributed by atoms with Crippen LogP contribution in [0.4, 0.5) is 0 Å². The van der Waals surface area contributed by atoms with Crippen molar-refractivity contribution in [1.29, 1.82) is 0 Å². The minimum atomic E-state index is 0.138. The lowest BCUT2D eigenvalue weighted by Gasteiger charge is -2.02. The Morgan fingerprint density at radius 1 is 1.70 bits per heavy atom. The molecule has 0 bridgehead atoms. The Bertz CT molecular complexity index is 163. The first-order valence-corrected chi connectivity index (χ1v) is 4.50. The molecule has 0 spiro atoms. The summed E-state index contributed by atoms with van der Waals surface area (Å²) in [6.07, 6.45) is 4.00. The lowest BCUT2D eigenvalue weighted by atomic mass is 10.4. The normalized spacial score (nSPS) is 16.5. The van der Waals surface area contributed by atoms with Crippen molar-refractivity contribution in [1.82, 2.24) is 5.32 Å². The highest BCUT2D eigenvalue weighted by Gasteiger charge is 2.29. The second-order valence-corrected chi connectivity index (χ2v) is 3.29. The highest BCUT2D eigenvalue weighted by molar-refractivity contribution is 8.02. The van der Waals surface area contributed by atoms with E-state index in [2.05, 4.69) is 11.9 Å². The summed E-state index contributed by atoms with van der Waals surface area (Å²) in [7, 11) is 0. The molecule has 0 heterocycles. The Morgan fingerprint density at radius 3 is 2.70 bits per heavy atom. The van der Waals surface area contributed by atoms with E-state index in [1.165, 1.54) is 11.8 Å². The zero-order chi connectivity index (χ0) is 7.56. The molecule has 1 aliphatic carbocycles. The largest absolute Gasteiger partial charge is 0.321 e. The van der Waals surface area contributed by atoms with Crippen LogP contribution in [0.3, 0.4) is 0 Å². The average molecular weight is 157 g/mol. The molecule has 10 heavy (non-hydrogen) atoms. The van der Waals surface area contributed by atoms with Gasteiger partial charge in [0.05, 0.1) is 5.03 Å². The monoisotopic (exact) mass is 157 g/mol. The molecule has 0 atom stereocenters. The van der Waals surface area contributed by atoms with E-state index in [4.69, 9.17) is 0 Å². The standard InChI is InChI=1S/C7H11NOS/c1-5(10-2)8-7(9)6-3-4-6/h6H,1,3-4H2,2H3,(H,8,9). The van der Waals surface area contributed by atoms with Crippen molar-refractivity contribution in [3.8, 4) is 0 Å². The highest BCUT2D eigenvalue weighted by Crippen LogP contribution is 2.29. The van der Waals surface area contributed by atoms with E-state index in [0.29, 0.717) is 0 Å². The molecule has 1 aliphatic rings. The molecule has 1 rings (SSSR count). The van der Waals surface area contributed by atoms with Gasteiger partial charge in [0.15, 0.2) is 0 Å². The van der Waals surface area contributed by atoms with Gasteiger partial charge in [0.2, 0.25) is 5.91 Å². The van der Waals surface area contributed by atoms with Crippen molar-refractivity contribution < 1.29 is 4.79 Å². The second-order valence-electron chi connectivity index (χ2n) is 2.39. The first-order chi connectivity index (χ1) is 4.74. The van der Waals surface area contributed by atoms with Gasteiger partial charge in [-0.25, -0.2) is 0 Å². The van der Waals surface area contributed by atoms with Crippen LogP contribution in [0.15, 0.2) is 11.6 Å². The fraction of sp³-hybridized carbons (Fsp3) is 0.571. The maximum absolute atomic E-state index is 11.0. The molecule has 0 aromatic carbocycles. The van der Waals surface area contributed by atoms with E-state index < -0.39 is 0 Å². The van der Waals surface area contributed by atoms with Gasteiger partial charge in [-0.3, -0.25) is 4.79 Å². The number of carbonyl (C=O) groups excluding carboxylic acids is 1. The van der Waals surface area contributed by atoms with E-state index in [1.54, 1.807) is 0 Å². The Morgan fingerprint density at radius 2 is 2.30 bits per heavy atom. The fourth-order valence-corrected chi connectivity index (χ4v) is 0.839. The summed E-state index contributed by atoms with van der Waals surface area (Å²) in [5.41, 5.74) is 0. The molecule has 0 unspecified atom stereocenters. The topological polar surface area (TPSA) is 29.1 Å². The molecular formula is C7H11NOS. The Balaban J connectivity index is 2.23. The molecule has 2 nitrogen and oxygen atoms in total. The summed E-state index contributed by atoms with van der Waals surface area (Å²) >= 11 is 1.47. The molecule has 1 N–H and O–H groups in total. The first kappa shape index (κ1) is 7.66. The van der Waals surface area contributed by atoms with Gasteiger partial charge in [0.25, 0.3) is 0 Å². The van der Waals surface area contributed by atoms with Crippen molar-refractivity contribution in [3.63, 3.8) is 0 Å². The summed E-state index contributed by atoms with van der Waals surface area (Å²) in [4.78, 5) is 11.0. The van der Waals surface area contributed by atoms with E-state index in [1.807, 2.05) is 6.26 Å². The molecule has 56 valence electrons. The third-order valence-electron chi connectivity index (χ3n) is 1.46. The van der Waals surface area contributed by atoms with Crippen LogP contribution in [0, 0.1) is 5.92 Å². The van der Waals surface area contributed by atoms with Crippen LogP contribution < -0.4 is 5.32 Å². The molecule has 3 heteroatoms. The van der Waals surface area contributed by atoms with Gasteiger partial charge in [0.1, 0.15) is 0 Å². The van der Waals surface area contributed by atoms with E-state index in [9.17, 15) is 4.79 Å². The number of thioether (sulfide) groups is 1. The Labute approximate surface area is 65.1 Å². The van der Waals surface area contributed by atoms with Crippen LogP contribution in [-0.2, 0) is 4.79 Å². The van der Waals surface area contributed by atoms with Crippen LogP contribution in [0.25, 0.3) is 0 Å². The summed E-state index contributed by atoms with van der Waals surface area (Å²) in [6, 6.07) is 0. The molecule has 1 fully saturated rings. The summed E-state index contributed by atoms with van der Waals surface area (Å²) < 4.78 is 0. The lowest BCUT2D eigenvalue weighted by molar-refractivity contribution is -0.121. The van der Waals surface area contributed by atoms with Crippen molar-refractivity contribution >= 4 is 17.7 Å². The van der Waals surface area contributed by atoms with E-state index in [0.717, 1.165) is 17.9 Å². The van der Waals surface area contributed by atoms with Gasteiger partial charge in [-0.15, -0.1) is 11.8 Å². The molecule has 0 aliphatic heterocycles. The second kappa shape index (κ2) is 3.10. The lowest BCUT2D eigenvalue weighted by Crippen LogP contribution is -2.21. The molecule has 1 saturated carbocycles. The SMILES string of the molecule is C=C(NC(=O)C1CC1)SC. The van der Waals surface area contributed by atoms with Gasteiger partial charge in [-0.2, -0.15) is 0 Å². The molecule has 1 amide bonds. The van der Waals surface area contributed by atoms with Crippen molar-refractivity contribution in [2.24, 2.45) is 5.92 Å². The van der Waals surface area contributed by atoms with Crippen LogP contribution in [0.1, 0.15) is 12.8 Å². The van der Waals surface area contributed by atoms with Crippen LogP contribution in [0.5, 0.6) is 0 Å². The minimum absolute atomic E-state index is 0.138. The third kappa shape index (κ3) is 2.06. The highest BCUT2D eigenvalue weighted by atomic mass is 32.2. The quantitative estimate of drug-likeness (QED) is 0.670. The zero-order valence-corrected chi connectivity index (χ0v) is 6.83. The number of hydrogen-bond donors (Lipinski definition) is 1. The van der Waals surface area contributed by atoms with Crippen LogP contribution in [-0.4, -0.2) is 12.2 Å². The summed E-state index contributed by atoms with van der Waals surface area (Å²) in [5, 5.41) is 3.47. The van der Waals surface area contributed by atoms with Crippen molar-refractivity contribution in [2.45, 2.75) is 12.8 Å². The predicted octanol–water partition coefficient (Wildman–Crippen LogP) is 1.35. The van der Waals surface area contributed by atoms with Gasteiger partial charge in [0, 0.05) is 5.92 Å². The van der Waals surface area contributed by atoms with Crippen LogP contribution in [0.2, 0.25) is 0 Å². The Hall–Kier alpha value is -0.440. The molecule has 0 aromatic heterocycles. The van der Waals surface area contributed by atoms with Crippen molar-refractivity contribution in [2.75, 3.05) is 6.26 Å². The molecule has 0 radical (unpaired) electrons. The van der Waals surface area contributed by atoms with E-state index >= 15 is 0 Å². The first-order valence-electron chi connectivity index (χ1n) is 3.28. The third-order valence-corrected chi connectivity index (χ3v) is 2.05.